The number of nitrogens with zero attached hydrogens (tertiary/aromatic N) is 4. The molecular weight excluding hydrogens is 336 g/mol. The van der Waals surface area contributed by atoms with Crippen molar-refractivity contribution in [2.24, 2.45) is 10.4 Å². The lowest BCUT2D eigenvalue weighted by Gasteiger charge is -2.27. The number of guanidine groups is 1. The summed E-state index contributed by atoms with van der Waals surface area (Å²) in [5.74, 6) is 0.776. The number of rotatable bonds is 10. The lowest BCUT2D eigenvalue weighted by molar-refractivity contribution is -0.385. The van der Waals surface area contributed by atoms with Gasteiger partial charge in [0.1, 0.15) is 12.4 Å². The maximum atomic E-state index is 10.7. The van der Waals surface area contributed by atoms with Gasteiger partial charge in [-0.05, 0) is 31.6 Å². The standard InChI is InChI=1S/C17H30N6O3/c1-3-18-16(19-9-10-22-13-15(12-21-22)23(24)25)20-14-17(8-11-26-2)6-4-5-7-17/h12-13H,3-11,14H2,1-2H3,(H2,18,19,20). The minimum absolute atomic E-state index is 0.00638. The van der Waals surface area contributed by atoms with Gasteiger partial charge in [-0.1, -0.05) is 12.8 Å². The fourth-order valence-electron chi connectivity index (χ4n) is 3.38. The van der Waals surface area contributed by atoms with Crippen molar-refractivity contribution < 1.29 is 9.66 Å². The molecule has 0 amide bonds. The summed E-state index contributed by atoms with van der Waals surface area (Å²) in [6.45, 7) is 5.51. The molecule has 1 aromatic heterocycles. The second-order valence-electron chi connectivity index (χ2n) is 6.79. The molecule has 1 saturated carbocycles. The van der Waals surface area contributed by atoms with E-state index in [1.807, 2.05) is 6.92 Å². The summed E-state index contributed by atoms with van der Waals surface area (Å²) in [7, 11) is 1.75. The Kier molecular flexibility index (Phi) is 7.83. The van der Waals surface area contributed by atoms with E-state index in [1.54, 1.807) is 11.8 Å². The zero-order valence-corrected chi connectivity index (χ0v) is 15.7. The predicted octanol–water partition coefficient (Wildman–Crippen LogP) is 1.94. The van der Waals surface area contributed by atoms with Crippen LogP contribution in [0.1, 0.15) is 39.0 Å². The Morgan fingerprint density at radius 2 is 2.23 bits per heavy atom. The van der Waals surface area contributed by atoms with Crippen molar-refractivity contribution in [3.63, 3.8) is 0 Å². The highest BCUT2D eigenvalue weighted by atomic mass is 16.6. The molecule has 9 heteroatoms. The fourth-order valence-corrected chi connectivity index (χ4v) is 3.38. The van der Waals surface area contributed by atoms with E-state index in [1.165, 1.54) is 38.1 Å². The van der Waals surface area contributed by atoms with Gasteiger partial charge in [0, 0.05) is 33.4 Å². The molecule has 1 aliphatic rings. The average molecular weight is 366 g/mol. The molecule has 0 atom stereocenters. The van der Waals surface area contributed by atoms with Gasteiger partial charge in [-0.3, -0.25) is 19.8 Å². The van der Waals surface area contributed by atoms with Gasteiger partial charge in [0.05, 0.1) is 11.5 Å². The van der Waals surface area contributed by atoms with E-state index in [9.17, 15) is 10.1 Å². The van der Waals surface area contributed by atoms with Crippen molar-refractivity contribution in [1.82, 2.24) is 20.4 Å². The fraction of sp³-hybridized carbons (Fsp3) is 0.765. The lowest BCUT2D eigenvalue weighted by Crippen LogP contribution is -2.40. The van der Waals surface area contributed by atoms with Gasteiger partial charge in [0.15, 0.2) is 5.96 Å². The van der Waals surface area contributed by atoms with Crippen LogP contribution in [0.5, 0.6) is 0 Å². The molecule has 9 nitrogen and oxygen atoms in total. The highest BCUT2D eigenvalue weighted by Crippen LogP contribution is 2.41. The zero-order valence-electron chi connectivity index (χ0n) is 15.7. The summed E-state index contributed by atoms with van der Waals surface area (Å²) in [6.07, 6.45) is 8.68. The first kappa shape index (κ1) is 20.2. The van der Waals surface area contributed by atoms with E-state index in [2.05, 4.69) is 15.7 Å². The first-order valence-corrected chi connectivity index (χ1v) is 9.26. The van der Waals surface area contributed by atoms with Crippen LogP contribution in [-0.4, -0.2) is 54.0 Å². The summed E-state index contributed by atoms with van der Waals surface area (Å²) < 4.78 is 6.84. The monoisotopic (exact) mass is 366 g/mol. The number of hydrogen-bond acceptors (Lipinski definition) is 5. The predicted molar refractivity (Wildman–Crippen MR) is 100 cm³/mol. The van der Waals surface area contributed by atoms with E-state index < -0.39 is 4.92 Å². The highest BCUT2D eigenvalue weighted by molar-refractivity contribution is 5.79. The van der Waals surface area contributed by atoms with Gasteiger partial charge in [-0.2, -0.15) is 5.10 Å². The largest absolute Gasteiger partial charge is 0.385 e. The molecule has 1 aliphatic carbocycles. The van der Waals surface area contributed by atoms with E-state index in [0.717, 1.165) is 32.1 Å². The Labute approximate surface area is 154 Å². The number of ether oxygens (including phenoxy) is 1. The first-order chi connectivity index (χ1) is 12.6. The molecule has 2 rings (SSSR count). The van der Waals surface area contributed by atoms with Gasteiger partial charge in [-0.25, -0.2) is 0 Å². The van der Waals surface area contributed by atoms with E-state index in [0.29, 0.717) is 13.1 Å². The summed E-state index contributed by atoms with van der Waals surface area (Å²) in [4.78, 5) is 15.0. The van der Waals surface area contributed by atoms with Crippen molar-refractivity contribution in [2.75, 3.05) is 33.4 Å². The molecule has 0 unspecified atom stereocenters. The number of aromatic nitrogens is 2. The van der Waals surface area contributed by atoms with Crippen LogP contribution in [-0.2, 0) is 11.3 Å². The van der Waals surface area contributed by atoms with Crippen LogP contribution in [0.4, 0.5) is 5.69 Å². The third-order valence-electron chi connectivity index (χ3n) is 4.88. The summed E-state index contributed by atoms with van der Waals surface area (Å²) in [5, 5.41) is 21.2. The molecule has 1 fully saturated rings. The van der Waals surface area contributed by atoms with Crippen molar-refractivity contribution >= 4 is 11.6 Å². The topological polar surface area (TPSA) is 107 Å². The van der Waals surface area contributed by atoms with Crippen LogP contribution in [0.2, 0.25) is 0 Å². The molecule has 2 N–H and O–H groups in total. The van der Waals surface area contributed by atoms with Crippen molar-refractivity contribution in [2.45, 2.75) is 45.6 Å². The van der Waals surface area contributed by atoms with E-state index >= 15 is 0 Å². The second-order valence-corrected chi connectivity index (χ2v) is 6.79. The van der Waals surface area contributed by atoms with Gasteiger partial charge in [0.2, 0.25) is 0 Å². The van der Waals surface area contributed by atoms with Gasteiger partial charge >= 0.3 is 5.69 Å². The molecule has 0 spiro atoms. The Morgan fingerprint density at radius 3 is 2.85 bits per heavy atom. The minimum Gasteiger partial charge on any atom is -0.385 e. The summed E-state index contributed by atoms with van der Waals surface area (Å²) in [5.41, 5.74) is 0.257. The number of hydrogen-bond donors (Lipinski definition) is 2. The van der Waals surface area contributed by atoms with Gasteiger partial charge in [0.25, 0.3) is 0 Å². The highest BCUT2D eigenvalue weighted by Gasteiger charge is 2.33. The minimum atomic E-state index is -0.441. The van der Waals surface area contributed by atoms with E-state index in [4.69, 9.17) is 9.73 Å². The molecular formula is C17H30N6O3. The Bertz CT molecular complexity index is 595. The van der Waals surface area contributed by atoms with Crippen molar-refractivity contribution in [3.05, 3.63) is 22.5 Å². The Balaban J connectivity index is 1.87. The van der Waals surface area contributed by atoms with Crippen LogP contribution >= 0.6 is 0 Å². The number of methoxy groups -OCH3 is 1. The summed E-state index contributed by atoms with van der Waals surface area (Å²) in [6, 6.07) is 0. The molecule has 1 heterocycles. The third kappa shape index (κ3) is 5.98. The van der Waals surface area contributed by atoms with Gasteiger partial charge < -0.3 is 15.4 Å². The molecule has 0 aromatic carbocycles. The number of aliphatic imine (C=N–C) groups is 1. The molecule has 26 heavy (non-hydrogen) atoms. The second kappa shape index (κ2) is 10.1. The molecule has 146 valence electrons. The maximum absolute atomic E-state index is 10.7. The van der Waals surface area contributed by atoms with Crippen LogP contribution in [0.25, 0.3) is 0 Å². The smallest absolute Gasteiger partial charge is 0.306 e. The van der Waals surface area contributed by atoms with Crippen LogP contribution < -0.4 is 10.6 Å². The number of nitrogens with one attached hydrogen (secondary N) is 2. The third-order valence-corrected chi connectivity index (χ3v) is 4.88. The zero-order chi connectivity index (χ0) is 18.8. The van der Waals surface area contributed by atoms with Gasteiger partial charge in [-0.15, -0.1) is 0 Å². The van der Waals surface area contributed by atoms with Crippen LogP contribution in [0, 0.1) is 15.5 Å². The lowest BCUT2D eigenvalue weighted by atomic mass is 9.83. The molecule has 1 aromatic rings. The maximum Gasteiger partial charge on any atom is 0.306 e. The van der Waals surface area contributed by atoms with E-state index in [-0.39, 0.29) is 11.1 Å². The SMILES string of the molecule is CCNC(=NCC1(CCOC)CCCC1)NCCn1cc([N+](=O)[O-])cn1. The first-order valence-electron chi connectivity index (χ1n) is 9.26. The summed E-state index contributed by atoms with van der Waals surface area (Å²) >= 11 is 0. The Hall–Kier alpha value is -2.16. The Morgan fingerprint density at radius 1 is 1.46 bits per heavy atom. The molecule has 0 bridgehead atoms. The number of nitro groups is 1. The quantitative estimate of drug-likeness (QED) is 0.284. The normalized spacial score (nSPS) is 16.6. The molecule has 0 saturated heterocycles. The van der Waals surface area contributed by atoms with Crippen LogP contribution in [0.3, 0.4) is 0 Å². The molecule has 0 aliphatic heterocycles. The average Bonchev–Trinajstić information content (AvgIpc) is 3.28. The molecule has 0 radical (unpaired) electrons. The van der Waals surface area contributed by atoms with Crippen molar-refractivity contribution in [1.29, 1.82) is 0 Å². The van der Waals surface area contributed by atoms with Crippen LogP contribution in [0.15, 0.2) is 17.4 Å². The van der Waals surface area contributed by atoms with Crippen molar-refractivity contribution in [3.8, 4) is 0 Å².